The molecule has 5 rings (SSSR count). The van der Waals surface area contributed by atoms with E-state index in [1.807, 2.05) is 0 Å². The van der Waals surface area contributed by atoms with E-state index in [4.69, 9.17) is 5.73 Å². The summed E-state index contributed by atoms with van der Waals surface area (Å²) >= 11 is 0. The van der Waals surface area contributed by atoms with Crippen LogP contribution in [0.2, 0.25) is 0 Å². The van der Waals surface area contributed by atoms with Crippen molar-refractivity contribution in [2.75, 3.05) is 5.73 Å². The number of amides is 1. The number of aromatic nitrogens is 7. The van der Waals surface area contributed by atoms with Gasteiger partial charge in [0.1, 0.15) is 18.2 Å². The van der Waals surface area contributed by atoms with Crippen molar-refractivity contribution in [3.05, 3.63) is 95.7 Å². The molecule has 0 radical (unpaired) electrons. The maximum absolute atomic E-state index is 13.7. The number of carbonyl (C=O) groups excluding carboxylic acids is 1. The Hall–Kier alpha value is -4.81. The number of nitrogens with zero attached hydrogens (tertiary/aromatic N) is 7. The number of pyridine rings is 1. The van der Waals surface area contributed by atoms with Gasteiger partial charge in [-0.2, -0.15) is 23.4 Å². The molecule has 37 heavy (non-hydrogen) atoms. The zero-order valence-electron chi connectivity index (χ0n) is 19.2. The molecule has 0 aliphatic rings. The monoisotopic (exact) mass is 507 g/mol. The molecule has 13 heteroatoms. The maximum atomic E-state index is 13.7. The molecule has 1 aromatic carbocycles. The van der Waals surface area contributed by atoms with Gasteiger partial charge in [0.15, 0.2) is 5.69 Å². The van der Waals surface area contributed by atoms with Gasteiger partial charge in [0.25, 0.3) is 5.91 Å². The van der Waals surface area contributed by atoms with Crippen LogP contribution in [0.4, 0.5) is 19.0 Å². The third kappa shape index (κ3) is 5.39. The van der Waals surface area contributed by atoms with Crippen molar-refractivity contribution in [3.8, 4) is 0 Å². The van der Waals surface area contributed by atoms with Crippen LogP contribution in [0.5, 0.6) is 0 Å². The van der Waals surface area contributed by atoms with Crippen LogP contribution in [0.25, 0.3) is 10.8 Å². The predicted octanol–water partition coefficient (Wildman–Crippen LogP) is 3.05. The number of carbonyl (C=O) groups is 1. The highest BCUT2D eigenvalue weighted by Crippen LogP contribution is 2.31. The van der Waals surface area contributed by atoms with Crippen LogP contribution >= 0.6 is 0 Å². The average Bonchev–Trinajstić information content (AvgIpc) is 3.54. The second-order valence-corrected chi connectivity index (χ2v) is 8.23. The van der Waals surface area contributed by atoms with Crippen molar-refractivity contribution in [1.29, 1.82) is 0 Å². The Morgan fingerprint density at radius 3 is 2.54 bits per heavy atom. The van der Waals surface area contributed by atoms with Crippen molar-refractivity contribution in [2.24, 2.45) is 0 Å². The van der Waals surface area contributed by atoms with Gasteiger partial charge in [-0.25, -0.2) is 15.0 Å². The van der Waals surface area contributed by atoms with Crippen LogP contribution in [0, 0.1) is 0 Å². The number of fused-ring (bicyclic) bond motifs is 1. The molecule has 188 valence electrons. The van der Waals surface area contributed by atoms with E-state index in [0.717, 1.165) is 21.7 Å². The standard InChI is InChI=1S/C24H20F3N9O/c25-24(26,27)21-19(23(37)32-9-15-2-3-18-17(8-15)4-6-29-22(18)28)13-36(34-21)12-16-10-30-20(31-11-16)14-35-7-1-5-33-35/h1-8,10-11,13H,9,12,14H2,(H2,28,29)(H,32,37). The minimum absolute atomic E-state index is 0.0189. The molecule has 10 nitrogen and oxygen atoms in total. The summed E-state index contributed by atoms with van der Waals surface area (Å²) in [5.74, 6) is -0.0244. The minimum atomic E-state index is -4.81. The van der Waals surface area contributed by atoms with Gasteiger partial charge in [-0.05, 0) is 29.1 Å². The molecule has 5 aromatic rings. The first-order valence-electron chi connectivity index (χ1n) is 11.1. The van der Waals surface area contributed by atoms with Gasteiger partial charge in [-0.15, -0.1) is 0 Å². The highest BCUT2D eigenvalue weighted by atomic mass is 19.4. The van der Waals surface area contributed by atoms with Crippen molar-refractivity contribution in [3.63, 3.8) is 0 Å². The first kappa shape index (κ1) is 23.9. The number of rotatable bonds is 7. The molecule has 0 saturated heterocycles. The van der Waals surface area contributed by atoms with E-state index in [9.17, 15) is 18.0 Å². The van der Waals surface area contributed by atoms with Crippen molar-refractivity contribution in [2.45, 2.75) is 25.8 Å². The molecule has 0 unspecified atom stereocenters. The summed E-state index contributed by atoms with van der Waals surface area (Å²) in [6.45, 7) is 0.336. The number of nitrogens with one attached hydrogen (secondary N) is 1. The van der Waals surface area contributed by atoms with Gasteiger partial charge in [-0.3, -0.25) is 14.2 Å². The highest BCUT2D eigenvalue weighted by Gasteiger charge is 2.39. The summed E-state index contributed by atoms with van der Waals surface area (Å²) in [5, 5.41) is 11.8. The van der Waals surface area contributed by atoms with Gasteiger partial charge in [0, 0.05) is 54.7 Å². The number of alkyl halides is 3. The van der Waals surface area contributed by atoms with Gasteiger partial charge in [-0.1, -0.05) is 12.1 Å². The molecule has 3 N–H and O–H groups in total. The number of nitrogens with two attached hydrogens (primary N) is 1. The average molecular weight is 507 g/mol. The summed E-state index contributed by atoms with van der Waals surface area (Å²) in [6.07, 6.45) is 4.22. The fourth-order valence-corrected chi connectivity index (χ4v) is 3.79. The van der Waals surface area contributed by atoms with Crippen LogP contribution in [-0.4, -0.2) is 40.4 Å². The molecule has 0 bridgehead atoms. The fourth-order valence-electron chi connectivity index (χ4n) is 3.79. The molecule has 0 atom stereocenters. The van der Waals surface area contributed by atoms with E-state index >= 15 is 0 Å². The van der Waals surface area contributed by atoms with E-state index in [-0.39, 0.29) is 13.1 Å². The molecule has 0 spiro atoms. The Kier molecular flexibility index (Phi) is 6.26. The third-order valence-corrected chi connectivity index (χ3v) is 5.55. The predicted molar refractivity (Wildman–Crippen MR) is 127 cm³/mol. The number of halogens is 3. The molecule has 0 aliphatic heterocycles. The van der Waals surface area contributed by atoms with Gasteiger partial charge in [0.2, 0.25) is 0 Å². The Bertz CT molecular complexity index is 1540. The zero-order chi connectivity index (χ0) is 26.0. The molecule has 1 amide bonds. The molecule has 0 aliphatic carbocycles. The van der Waals surface area contributed by atoms with Gasteiger partial charge >= 0.3 is 6.18 Å². The molecule has 0 fully saturated rings. The summed E-state index contributed by atoms with van der Waals surface area (Å²) in [7, 11) is 0. The Morgan fingerprint density at radius 1 is 1.00 bits per heavy atom. The molecule has 4 aromatic heterocycles. The van der Waals surface area contributed by atoms with Crippen molar-refractivity contribution in [1.82, 2.24) is 39.8 Å². The van der Waals surface area contributed by atoms with E-state index in [1.54, 1.807) is 53.6 Å². The second kappa shape index (κ2) is 9.68. The van der Waals surface area contributed by atoms with E-state index in [0.29, 0.717) is 29.3 Å². The van der Waals surface area contributed by atoms with Gasteiger partial charge < -0.3 is 11.1 Å². The number of benzene rings is 1. The summed E-state index contributed by atoms with van der Waals surface area (Å²) < 4.78 is 43.7. The first-order valence-corrected chi connectivity index (χ1v) is 11.1. The van der Waals surface area contributed by atoms with E-state index < -0.39 is 23.3 Å². The number of hydrogen-bond donors (Lipinski definition) is 2. The van der Waals surface area contributed by atoms with Crippen molar-refractivity contribution < 1.29 is 18.0 Å². The molecular formula is C24H20F3N9O. The third-order valence-electron chi connectivity index (χ3n) is 5.55. The van der Waals surface area contributed by atoms with Crippen molar-refractivity contribution >= 4 is 22.5 Å². The summed E-state index contributed by atoms with van der Waals surface area (Å²) in [5.41, 5.74) is 5.23. The van der Waals surface area contributed by atoms with E-state index in [2.05, 4.69) is 30.5 Å². The first-order chi connectivity index (χ1) is 17.8. The van der Waals surface area contributed by atoms with Gasteiger partial charge in [0.05, 0.1) is 12.1 Å². The molecule has 0 saturated carbocycles. The van der Waals surface area contributed by atoms with Crippen LogP contribution in [0.15, 0.2) is 67.5 Å². The topological polar surface area (TPSA) is 129 Å². The van der Waals surface area contributed by atoms with Crippen LogP contribution < -0.4 is 11.1 Å². The SMILES string of the molecule is Nc1nccc2cc(CNC(=O)c3cn(Cc4cnc(Cn5cccn5)nc4)nc3C(F)(F)F)ccc12. The lowest BCUT2D eigenvalue weighted by Crippen LogP contribution is -2.25. The van der Waals surface area contributed by atoms with Crippen LogP contribution in [0.3, 0.4) is 0 Å². The van der Waals surface area contributed by atoms with Crippen LogP contribution in [0.1, 0.15) is 33.0 Å². The summed E-state index contributed by atoms with van der Waals surface area (Å²) in [6, 6.07) is 8.80. The quantitative estimate of drug-likeness (QED) is 0.346. The Balaban J connectivity index is 1.30. The smallest absolute Gasteiger partial charge is 0.383 e. The molecule has 4 heterocycles. The Labute approximate surface area is 208 Å². The van der Waals surface area contributed by atoms with Crippen LogP contribution in [-0.2, 0) is 25.8 Å². The minimum Gasteiger partial charge on any atom is -0.383 e. The number of nitrogen functional groups attached to an aromatic ring is 1. The molecular weight excluding hydrogens is 487 g/mol. The lowest BCUT2D eigenvalue weighted by atomic mass is 10.1. The maximum Gasteiger partial charge on any atom is 0.435 e. The zero-order valence-corrected chi connectivity index (χ0v) is 19.2. The number of anilines is 1. The largest absolute Gasteiger partial charge is 0.435 e. The highest BCUT2D eigenvalue weighted by molar-refractivity contribution is 5.95. The number of hydrogen-bond acceptors (Lipinski definition) is 7. The Morgan fingerprint density at radius 2 is 1.81 bits per heavy atom. The lowest BCUT2D eigenvalue weighted by Gasteiger charge is -2.08. The second-order valence-electron chi connectivity index (χ2n) is 8.23. The summed E-state index contributed by atoms with van der Waals surface area (Å²) in [4.78, 5) is 25.2. The lowest BCUT2D eigenvalue weighted by molar-refractivity contribution is -0.141. The normalized spacial score (nSPS) is 11.6. The van der Waals surface area contributed by atoms with E-state index in [1.165, 1.54) is 12.4 Å². The fraction of sp³-hybridized carbons (Fsp3) is 0.167.